The molecule has 2 N–H and O–H groups in total. The summed E-state index contributed by atoms with van der Waals surface area (Å²) in [6.45, 7) is 3.08. The monoisotopic (exact) mass is 437 g/mol. The number of unbranched alkanes of at least 4 members (excludes halogenated alkanes) is 1. The Kier molecular flexibility index (Phi) is 11.3. The van der Waals surface area contributed by atoms with Crippen LogP contribution in [0.4, 0.5) is 4.39 Å². The molecule has 0 aliphatic rings. The van der Waals surface area contributed by atoms with Gasteiger partial charge in [-0.3, -0.25) is 9.78 Å². The molecule has 0 saturated carbocycles. The van der Waals surface area contributed by atoms with E-state index in [9.17, 15) is 9.18 Å². The normalized spacial score (nSPS) is 10.7. The Balaban J connectivity index is 0.00000484. The molecule has 1 heterocycles. The number of guanidine groups is 1. The zero-order valence-corrected chi connectivity index (χ0v) is 16.1. The molecule has 0 fully saturated rings. The van der Waals surface area contributed by atoms with Crippen molar-refractivity contribution in [2.75, 3.05) is 27.2 Å². The molecule has 0 atom stereocenters. The minimum atomic E-state index is -0.386. The maximum absolute atomic E-state index is 13.5. The molecular formula is C15H25FIN5O. The first-order valence-electron chi connectivity index (χ1n) is 7.36. The molecule has 0 aliphatic carbocycles. The zero-order valence-electron chi connectivity index (χ0n) is 13.8. The number of carbonyl (C=O) groups excluding carboxylic acids is 1. The number of amides is 1. The molecule has 0 unspecified atom stereocenters. The van der Waals surface area contributed by atoms with Gasteiger partial charge < -0.3 is 15.5 Å². The smallest absolute Gasteiger partial charge is 0.241 e. The highest BCUT2D eigenvalue weighted by molar-refractivity contribution is 14.0. The van der Waals surface area contributed by atoms with E-state index in [1.165, 1.54) is 23.2 Å². The standard InChI is InChI=1S/C15H24FN5O.HI/c1-4-5-8-18-15(20-11-14(22)21(2)3)19-10-13-12(16)7-6-9-17-13;/h6-7,9H,4-5,8,10-11H2,1-3H3,(H2,18,19,20);1H. The highest BCUT2D eigenvalue weighted by Gasteiger charge is 2.07. The van der Waals surface area contributed by atoms with Crippen LogP contribution in [0.5, 0.6) is 0 Å². The molecule has 130 valence electrons. The highest BCUT2D eigenvalue weighted by atomic mass is 127. The first-order chi connectivity index (χ1) is 10.5. The van der Waals surface area contributed by atoms with Gasteiger partial charge in [-0.25, -0.2) is 9.38 Å². The topological polar surface area (TPSA) is 69.6 Å². The first-order valence-corrected chi connectivity index (χ1v) is 7.36. The van der Waals surface area contributed by atoms with Crippen molar-refractivity contribution in [3.63, 3.8) is 0 Å². The lowest BCUT2D eigenvalue weighted by atomic mass is 10.3. The van der Waals surface area contributed by atoms with Crippen LogP contribution in [0.3, 0.4) is 0 Å². The minimum Gasteiger partial charge on any atom is -0.356 e. The van der Waals surface area contributed by atoms with Crippen LogP contribution in [-0.2, 0) is 11.3 Å². The number of aromatic nitrogens is 1. The largest absolute Gasteiger partial charge is 0.356 e. The van der Waals surface area contributed by atoms with Gasteiger partial charge in [-0.2, -0.15) is 0 Å². The van der Waals surface area contributed by atoms with Gasteiger partial charge in [-0.15, -0.1) is 24.0 Å². The molecule has 1 aromatic rings. The number of hydrogen-bond donors (Lipinski definition) is 2. The zero-order chi connectivity index (χ0) is 16.4. The van der Waals surface area contributed by atoms with Crippen molar-refractivity contribution in [3.05, 3.63) is 29.8 Å². The van der Waals surface area contributed by atoms with Crippen LogP contribution >= 0.6 is 24.0 Å². The van der Waals surface area contributed by atoms with Crippen LogP contribution in [0, 0.1) is 5.82 Å². The van der Waals surface area contributed by atoms with Crippen molar-refractivity contribution in [2.24, 2.45) is 4.99 Å². The molecule has 0 aliphatic heterocycles. The fraction of sp³-hybridized carbons (Fsp3) is 0.533. The second-order valence-electron chi connectivity index (χ2n) is 5.02. The summed E-state index contributed by atoms with van der Waals surface area (Å²) in [6.07, 6.45) is 3.56. The predicted molar refractivity (Wildman–Crippen MR) is 100 cm³/mol. The fourth-order valence-electron chi connectivity index (χ4n) is 1.56. The van der Waals surface area contributed by atoms with Crippen LogP contribution in [0.15, 0.2) is 23.3 Å². The Morgan fingerprint density at radius 3 is 2.74 bits per heavy atom. The third kappa shape index (κ3) is 8.68. The van der Waals surface area contributed by atoms with E-state index in [0.29, 0.717) is 5.96 Å². The summed E-state index contributed by atoms with van der Waals surface area (Å²) in [4.78, 5) is 21.3. The molecule has 23 heavy (non-hydrogen) atoms. The molecule has 0 aromatic carbocycles. The van der Waals surface area contributed by atoms with Crippen molar-refractivity contribution < 1.29 is 9.18 Å². The molecule has 0 saturated heterocycles. The second kappa shape index (κ2) is 12.0. The molecule has 8 heteroatoms. The number of hydrogen-bond acceptors (Lipinski definition) is 3. The van der Waals surface area contributed by atoms with Gasteiger partial charge in [0.2, 0.25) is 5.91 Å². The van der Waals surface area contributed by atoms with Crippen LogP contribution in [0.1, 0.15) is 25.5 Å². The third-order valence-corrected chi connectivity index (χ3v) is 2.95. The van der Waals surface area contributed by atoms with Crippen molar-refractivity contribution in [2.45, 2.75) is 26.3 Å². The maximum Gasteiger partial charge on any atom is 0.241 e. The number of halogens is 2. The number of nitrogens with one attached hydrogen (secondary N) is 2. The summed E-state index contributed by atoms with van der Waals surface area (Å²) < 4.78 is 13.5. The molecule has 1 amide bonds. The maximum atomic E-state index is 13.5. The van der Waals surface area contributed by atoms with E-state index in [2.05, 4.69) is 27.5 Å². The van der Waals surface area contributed by atoms with Gasteiger partial charge in [0.05, 0.1) is 18.8 Å². The summed E-state index contributed by atoms with van der Waals surface area (Å²) in [5.41, 5.74) is 0.276. The van der Waals surface area contributed by atoms with Crippen molar-refractivity contribution >= 4 is 35.8 Å². The van der Waals surface area contributed by atoms with E-state index in [-0.39, 0.29) is 54.5 Å². The third-order valence-electron chi connectivity index (χ3n) is 2.95. The van der Waals surface area contributed by atoms with E-state index >= 15 is 0 Å². The van der Waals surface area contributed by atoms with Gasteiger partial charge in [0.15, 0.2) is 5.96 Å². The molecular weight excluding hydrogens is 412 g/mol. The summed E-state index contributed by atoms with van der Waals surface area (Å²) in [7, 11) is 3.38. The van der Waals surface area contributed by atoms with E-state index in [1.54, 1.807) is 14.1 Å². The average Bonchev–Trinajstić information content (AvgIpc) is 2.50. The number of pyridine rings is 1. The average molecular weight is 437 g/mol. The summed E-state index contributed by atoms with van der Waals surface area (Å²) in [5.74, 6) is 0.0336. The van der Waals surface area contributed by atoms with E-state index in [4.69, 9.17) is 0 Å². The van der Waals surface area contributed by atoms with Crippen molar-refractivity contribution in [3.8, 4) is 0 Å². The highest BCUT2D eigenvalue weighted by Crippen LogP contribution is 2.03. The van der Waals surface area contributed by atoms with Crippen molar-refractivity contribution in [1.82, 2.24) is 20.5 Å². The number of nitrogens with zero attached hydrogens (tertiary/aromatic N) is 3. The number of carbonyl (C=O) groups is 1. The van der Waals surface area contributed by atoms with Crippen LogP contribution in [-0.4, -0.2) is 48.9 Å². The van der Waals surface area contributed by atoms with E-state index in [0.717, 1.165) is 19.4 Å². The lowest BCUT2D eigenvalue weighted by molar-refractivity contribution is -0.127. The molecule has 0 radical (unpaired) electrons. The summed E-state index contributed by atoms with van der Waals surface area (Å²) in [6, 6.07) is 2.89. The Morgan fingerprint density at radius 2 is 2.13 bits per heavy atom. The molecule has 1 aromatic heterocycles. The number of likely N-dealkylation sites (N-methyl/N-ethyl adjacent to an activating group) is 1. The summed E-state index contributed by atoms with van der Waals surface area (Å²) in [5, 5.41) is 6.07. The quantitative estimate of drug-likeness (QED) is 0.295. The first kappa shape index (κ1) is 21.6. The molecule has 0 spiro atoms. The summed E-state index contributed by atoms with van der Waals surface area (Å²) >= 11 is 0. The van der Waals surface area contributed by atoms with Gasteiger partial charge in [0, 0.05) is 26.8 Å². The van der Waals surface area contributed by atoms with Crippen molar-refractivity contribution in [1.29, 1.82) is 0 Å². The Hall–Kier alpha value is -1.45. The fourth-order valence-corrected chi connectivity index (χ4v) is 1.56. The molecule has 1 rings (SSSR count). The molecule has 6 nitrogen and oxygen atoms in total. The number of rotatable bonds is 7. The Bertz CT molecular complexity index is 510. The van der Waals surface area contributed by atoms with Gasteiger partial charge >= 0.3 is 0 Å². The Labute approximate surface area is 154 Å². The Morgan fingerprint density at radius 1 is 1.39 bits per heavy atom. The number of aliphatic imine (C=N–C) groups is 1. The molecule has 0 bridgehead atoms. The minimum absolute atomic E-state index is 0. The van der Waals surface area contributed by atoms with Gasteiger partial charge in [-0.1, -0.05) is 13.3 Å². The lowest BCUT2D eigenvalue weighted by Gasteiger charge is -2.14. The predicted octanol–water partition coefficient (Wildman–Crippen LogP) is 1.76. The van der Waals surface area contributed by atoms with Crippen LogP contribution in [0.2, 0.25) is 0 Å². The van der Waals surface area contributed by atoms with Crippen LogP contribution < -0.4 is 10.6 Å². The lowest BCUT2D eigenvalue weighted by Crippen LogP contribution is -2.43. The van der Waals surface area contributed by atoms with E-state index < -0.39 is 0 Å². The van der Waals surface area contributed by atoms with Crippen LogP contribution in [0.25, 0.3) is 0 Å². The van der Waals surface area contributed by atoms with Gasteiger partial charge in [0.25, 0.3) is 0 Å². The van der Waals surface area contributed by atoms with Gasteiger partial charge in [-0.05, 0) is 18.6 Å². The van der Waals surface area contributed by atoms with E-state index in [1.807, 2.05) is 0 Å². The SMILES string of the molecule is CCCCNC(=NCc1ncccc1F)NCC(=O)N(C)C.I. The second-order valence-corrected chi connectivity index (χ2v) is 5.02. The van der Waals surface area contributed by atoms with Gasteiger partial charge in [0.1, 0.15) is 5.82 Å².